The molecule has 1 heterocycles. The van der Waals surface area contributed by atoms with Crippen molar-refractivity contribution in [3.05, 3.63) is 41.7 Å². The average molecular weight is 327 g/mol. The van der Waals surface area contributed by atoms with Crippen LogP contribution in [0.1, 0.15) is 11.1 Å². The normalized spacial score (nSPS) is 13.5. The summed E-state index contributed by atoms with van der Waals surface area (Å²) in [5, 5.41) is 3.12. The van der Waals surface area contributed by atoms with Crippen LogP contribution in [-0.2, 0) is 5.92 Å². The number of rotatable bonds is 3. The van der Waals surface area contributed by atoms with Gasteiger partial charge in [0.1, 0.15) is 12.0 Å². The summed E-state index contributed by atoms with van der Waals surface area (Å²) in [7, 11) is 0. The van der Waals surface area contributed by atoms with E-state index >= 15 is 0 Å². The van der Waals surface area contributed by atoms with E-state index in [1.165, 1.54) is 24.3 Å². The molecule has 22 heavy (non-hydrogen) atoms. The second-order valence-corrected chi connectivity index (χ2v) is 4.59. The molecule has 0 fully saturated rings. The summed E-state index contributed by atoms with van der Waals surface area (Å²) in [6.07, 6.45) is -6.33. The van der Waals surface area contributed by atoms with Gasteiger partial charge in [-0.25, -0.2) is 0 Å². The van der Waals surface area contributed by atoms with E-state index in [0.717, 1.165) is 5.56 Å². The summed E-state index contributed by atoms with van der Waals surface area (Å²) in [6.45, 7) is 1.68. The molecule has 0 unspecified atom stereocenters. The van der Waals surface area contributed by atoms with Crippen LogP contribution >= 0.6 is 0 Å². The Kier molecular flexibility index (Phi) is 3.70. The van der Waals surface area contributed by atoms with Gasteiger partial charge in [0.25, 0.3) is 0 Å². The number of hydrogen-bond acceptors (Lipinski definition) is 2. The topological polar surface area (TPSA) is 26.0 Å². The standard InChI is InChI=1S/C13H8F7NO/c1-7-2-4-8(5-3-7)10-9(6-22-21-10)11(14,15)12(16,17)13(18,19)20/h2-6H,1H3. The number of halogens is 7. The molecule has 2 aromatic rings. The van der Waals surface area contributed by atoms with E-state index in [-0.39, 0.29) is 11.8 Å². The van der Waals surface area contributed by atoms with Crippen LogP contribution in [0.3, 0.4) is 0 Å². The van der Waals surface area contributed by atoms with Crippen molar-refractivity contribution >= 4 is 0 Å². The molecule has 0 saturated heterocycles. The van der Waals surface area contributed by atoms with Gasteiger partial charge in [0, 0.05) is 5.56 Å². The maximum atomic E-state index is 13.7. The fourth-order valence-corrected chi connectivity index (χ4v) is 1.73. The first-order chi connectivity index (χ1) is 9.98. The van der Waals surface area contributed by atoms with Crippen molar-refractivity contribution in [1.82, 2.24) is 5.16 Å². The van der Waals surface area contributed by atoms with Crippen molar-refractivity contribution in [3.8, 4) is 11.3 Å². The zero-order valence-corrected chi connectivity index (χ0v) is 10.9. The molecule has 0 aliphatic carbocycles. The molecule has 2 nitrogen and oxygen atoms in total. The molecule has 0 N–H and O–H groups in total. The van der Waals surface area contributed by atoms with Crippen molar-refractivity contribution in [2.45, 2.75) is 24.9 Å². The Morgan fingerprint density at radius 2 is 1.45 bits per heavy atom. The third-order valence-electron chi connectivity index (χ3n) is 2.98. The first-order valence-electron chi connectivity index (χ1n) is 5.82. The van der Waals surface area contributed by atoms with Crippen molar-refractivity contribution in [1.29, 1.82) is 0 Å². The van der Waals surface area contributed by atoms with Crippen molar-refractivity contribution < 1.29 is 35.3 Å². The minimum Gasteiger partial charge on any atom is -0.364 e. The SMILES string of the molecule is Cc1ccc(-c2nocc2C(F)(F)C(F)(F)C(F)(F)F)cc1. The fraction of sp³-hybridized carbons (Fsp3) is 0.308. The molecule has 0 radical (unpaired) electrons. The lowest BCUT2D eigenvalue weighted by Crippen LogP contribution is -2.50. The molecular weight excluding hydrogens is 319 g/mol. The number of aromatic nitrogens is 1. The molecule has 0 saturated carbocycles. The molecular formula is C13H8F7NO. The molecule has 0 aliphatic rings. The molecule has 0 aliphatic heterocycles. The third kappa shape index (κ3) is 2.44. The lowest BCUT2D eigenvalue weighted by molar-refractivity contribution is -0.359. The van der Waals surface area contributed by atoms with Crippen LogP contribution in [-0.4, -0.2) is 17.3 Å². The molecule has 0 atom stereocenters. The van der Waals surface area contributed by atoms with Crippen LogP contribution in [0.25, 0.3) is 11.3 Å². The highest BCUT2D eigenvalue weighted by Crippen LogP contribution is 2.53. The molecule has 0 spiro atoms. The van der Waals surface area contributed by atoms with Crippen molar-refractivity contribution in [3.63, 3.8) is 0 Å². The Bertz CT molecular complexity index is 658. The van der Waals surface area contributed by atoms with Crippen LogP contribution in [0, 0.1) is 6.92 Å². The Hall–Kier alpha value is -2.06. The first kappa shape index (κ1) is 16.3. The summed E-state index contributed by atoms with van der Waals surface area (Å²) in [6, 6.07) is 5.46. The van der Waals surface area contributed by atoms with Crippen LogP contribution in [0.2, 0.25) is 0 Å². The number of benzene rings is 1. The molecule has 2 rings (SSSR count). The molecule has 1 aromatic heterocycles. The van der Waals surface area contributed by atoms with Gasteiger partial charge in [0.2, 0.25) is 0 Å². The summed E-state index contributed by atoms with van der Waals surface area (Å²) in [4.78, 5) is 0. The smallest absolute Gasteiger partial charge is 0.364 e. The van der Waals surface area contributed by atoms with Crippen molar-refractivity contribution in [2.24, 2.45) is 0 Å². The predicted molar refractivity (Wildman–Crippen MR) is 61.6 cm³/mol. The maximum absolute atomic E-state index is 13.7. The summed E-state index contributed by atoms with van der Waals surface area (Å²) in [5.41, 5.74) is -1.72. The van der Waals surface area contributed by atoms with Gasteiger partial charge in [-0.3, -0.25) is 0 Å². The monoisotopic (exact) mass is 327 g/mol. The molecule has 0 bridgehead atoms. The number of aryl methyl sites for hydroxylation is 1. The predicted octanol–water partition coefficient (Wildman–Crippen LogP) is 4.94. The van der Waals surface area contributed by atoms with E-state index in [1.807, 2.05) is 0 Å². The number of alkyl halides is 7. The second-order valence-electron chi connectivity index (χ2n) is 4.59. The fourth-order valence-electron chi connectivity index (χ4n) is 1.73. The van der Waals surface area contributed by atoms with E-state index in [4.69, 9.17) is 0 Å². The highest BCUT2D eigenvalue weighted by molar-refractivity contribution is 5.63. The minimum atomic E-state index is -6.42. The average Bonchev–Trinajstić information content (AvgIpc) is 2.88. The summed E-state index contributed by atoms with van der Waals surface area (Å²) in [5.74, 6) is -11.8. The summed E-state index contributed by atoms with van der Waals surface area (Å²) < 4.78 is 94.5. The zero-order chi connectivity index (χ0) is 16.8. The van der Waals surface area contributed by atoms with E-state index in [9.17, 15) is 30.7 Å². The number of nitrogens with zero attached hydrogens (tertiary/aromatic N) is 1. The van der Waals surface area contributed by atoms with Crippen LogP contribution in [0.15, 0.2) is 35.1 Å². The Balaban J connectivity index is 2.55. The molecule has 120 valence electrons. The maximum Gasteiger partial charge on any atom is 0.460 e. The number of hydrogen-bond donors (Lipinski definition) is 0. The van der Waals surface area contributed by atoms with Gasteiger partial charge in [0.05, 0.1) is 5.56 Å². The van der Waals surface area contributed by atoms with Crippen molar-refractivity contribution in [2.75, 3.05) is 0 Å². The second kappa shape index (κ2) is 4.99. The van der Waals surface area contributed by atoms with E-state index in [2.05, 4.69) is 9.68 Å². The highest BCUT2D eigenvalue weighted by atomic mass is 19.4. The quantitative estimate of drug-likeness (QED) is 0.746. The van der Waals surface area contributed by atoms with Crippen LogP contribution in [0.5, 0.6) is 0 Å². The third-order valence-corrected chi connectivity index (χ3v) is 2.98. The molecule has 9 heteroatoms. The van der Waals surface area contributed by atoms with Gasteiger partial charge >= 0.3 is 18.0 Å². The zero-order valence-electron chi connectivity index (χ0n) is 10.9. The Morgan fingerprint density at radius 3 is 1.95 bits per heavy atom. The van der Waals surface area contributed by atoms with E-state index < -0.39 is 29.3 Å². The van der Waals surface area contributed by atoms with Gasteiger partial charge in [0.15, 0.2) is 0 Å². The van der Waals surface area contributed by atoms with Crippen LogP contribution in [0.4, 0.5) is 30.7 Å². The van der Waals surface area contributed by atoms with Gasteiger partial charge in [-0.05, 0) is 6.92 Å². The largest absolute Gasteiger partial charge is 0.460 e. The van der Waals surface area contributed by atoms with Gasteiger partial charge in [-0.1, -0.05) is 35.0 Å². The minimum absolute atomic E-state index is 0.0630. The van der Waals surface area contributed by atoms with Crippen LogP contribution < -0.4 is 0 Å². The van der Waals surface area contributed by atoms with Gasteiger partial charge < -0.3 is 4.52 Å². The molecule has 0 amide bonds. The summed E-state index contributed by atoms with van der Waals surface area (Å²) >= 11 is 0. The highest BCUT2D eigenvalue weighted by Gasteiger charge is 2.74. The lowest BCUT2D eigenvalue weighted by atomic mass is 9.98. The van der Waals surface area contributed by atoms with Gasteiger partial charge in [-0.2, -0.15) is 30.7 Å². The molecule has 1 aromatic carbocycles. The van der Waals surface area contributed by atoms with E-state index in [0.29, 0.717) is 0 Å². The van der Waals surface area contributed by atoms with Gasteiger partial charge in [-0.15, -0.1) is 0 Å². The lowest BCUT2D eigenvalue weighted by Gasteiger charge is -2.27. The van der Waals surface area contributed by atoms with E-state index in [1.54, 1.807) is 6.92 Å². The Morgan fingerprint density at radius 1 is 0.909 bits per heavy atom. The Labute approximate surface area is 119 Å². The first-order valence-corrected chi connectivity index (χ1v) is 5.82.